The van der Waals surface area contributed by atoms with Crippen molar-refractivity contribution < 1.29 is 14.6 Å². The molecule has 0 amide bonds. The third-order valence-corrected chi connectivity index (χ3v) is 1.99. The van der Waals surface area contributed by atoms with Gasteiger partial charge in [-0.05, 0) is 5.92 Å². The number of aliphatic hydroxyl groups is 1. The highest BCUT2D eigenvalue weighted by Crippen LogP contribution is 2.14. The Bertz CT molecular complexity index is 175. The molecule has 0 aliphatic carbocycles. The molecule has 1 unspecified atom stereocenters. The van der Waals surface area contributed by atoms with Gasteiger partial charge in [-0.15, -0.1) is 0 Å². The molecule has 0 heterocycles. The largest absolute Gasteiger partial charge is 0.466 e. The highest BCUT2D eigenvalue weighted by atomic mass is 16.5. The average Bonchev–Trinajstić information content (AvgIpc) is 2.12. The van der Waals surface area contributed by atoms with Gasteiger partial charge in [-0.25, -0.2) is 4.79 Å². The first kappa shape index (κ1) is 11.2. The summed E-state index contributed by atoms with van der Waals surface area (Å²) in [6, 6.07) is 0. The van der Waals surface area contributed by atoms with Crippen molar-refractivity contribution in [3.05, 3.63) is 12.2 Å². The van der Waals surface area contributed by atoms with Gasteiger partial charge in [0.15, 0.2) is 0 Å². The van der Waals surface area contributed by atoms with Crippen molar-refractivity contribution in [2.24, 2.45) is 5.92 Å². The second-order valence-electron chi connectivity index (χ2n) is 2.85. The van der Waals surface area contributed by atoms with E-state index in [1.165, 1.54) is 7.11 Å². The maximum atomic E-state index is 10.9. The Hall–Kier alpha value is -0.830. The van der Waals surface area contributed by atoms with Gasteiger partial charge in [0.1, 0.15) is 0 Å². The summed E-state index contributed by atoms with van der Waals surface area (Å²) in [6.07, 6.45) is 0.0134. The van der Waals surface area contributed by atoms with Crippen molar-refractivity contribution in [3.63, 3.8) is 0 Å². The summed E-state index contributed by atoms with van der Waals surface area (Å²) < 4.78 is 4.43. The molecule has 0 rings (SSSR count). The molecular weight excluding hydrogens is 156 g/mol. The summed E-state index contributed by atoms with van der Waals surface area (Å²) in [5, 5.41) is 9.49. The smallest absolute Gasteiger partial charge is 0.335 e. The molecule has 0 bridgehead atoms. The lowest BCUT2D eigenvalue weighted by atomic mass is 9.96. The fourth-order valence-electron chi connectivity index (χ4n) is 0.819. The van der Waals surface area contributed by atoms with Crippen LogP contribution in [0.1, 0.15) is 20.3 Å². The molecule has 3 nitrogen and oxygen atoms in total. The van der Waals surface area contributed by atoms with Crippen LogP contribution in [0.25, 0.3) is 0 Å². The summed E-state index contributed by atoms with van der Waals surface area (Å²) in [5.74, 6) is -0.501. The van der Waals surface area contributed by atoms with Crippen LogP contribution in [0.15, 0.2) is 12.2 Å². The minimum atomic E-state index is -0.789. The topological polar surface area (TPSA) is 46.5 Å². The number of ether oxygens (including phenoxy) is 1. The van der Waals surface area contributed by atoms with Gasteiger partial charge in [0.05, 0.1) is 18.8 Å². The summed E-state index contributed by atoms with van der Waals surface area (Å²) in [6.45, 7) is 7.27. The van der Waals surface area contributed by atoms with Crippen LogP contribution in [0.4, 0.5) is 0 Å². The highest BCUT2D eigenvalue weighted by Gasteiger charge is 2.21. The zero-order valence-electron chi connectivity index (χ0n) is 7.83. The van der Waals surface area contributed by atoms with Crippen LogP contribution >= 0.6 is 0 Å². The molecule has 0 spiro atoms. The maximum absolute atomic E-state index is 10.9. The molecule has 12 heavy (non-hydrogen) atoms. The second-order valence-corrected chi connectivity index (χ2v) is 2.85. The average molecular weight is 172 g/mol. The minimum absolute atomic E-state index is 0.0385. The van der Waals surface area contributed by atoms with Crippen molar-refractivity contribution in [1.82, 2.24) is 0 Å². The molecule has 1 N–H and O–H groups in total. The van der Waals surface area contributed by atoms with E-state index in [2.05, 4.69) is 11.3 Å². The Morgan fingerprint density at radius 2 is 2.17 bits per heavy atom. The molecule has 0 aromatic rings. The van der Waals surface area contributed by atoms with E-state index in [4.69, 9.17) is 0 Å². The van der Waals surface area contributed by atoms with E-state index in [0.717, 1.165) is 6.42 Å². The summed E-state index contributed by atoms with van der Waals surface area (Å²) in [4.78, 5) is 10.9. The van der Waals surface area contributed by atoms with Crippen LogP contribution in [0.5, 0.6) is 0 Å². The van der Waals surface area contributed by atoms with E-state index >= 15 is 0 Å². The van der Waals surface area contributed by atoms with E-state index in [-0.39, 0.29) is 11.5 Å². The lowest BCUT2D eigenvalue weighted by molar-refractivity contribution is -0.137. The monoisotopic (exact) mass is 172 g/mol. The molecule has 3 heteroatoms. The van der Waals surface area contributed by atoms with Gasteiger partial charge in [-0.1, -0.05) is 26.8 Å². The van der Waals surface area contributed by atoms with Gasteiger partial charge in [0.2, 0.25) is 0 Å². The Morgan fingerprint density at radius 3 is 2.50 bits per heavy atom. The zero-order chi connectivity index (χ0) is 9.72. The van der Waals surface area contributed by atoms with E-state index in [9.17, 15) is 9.90 Å². The van der Waals surface area contributed by atoms with Crippen molar-refractivity contribution in [2.45, 2.75) is 26.4 Å². The first-order valence-corrected chi connectivity index (χ1v) is 3.99. The lowest BCUT2D eigenvalue weighted by Gasteiger charge is -2.17. The van der Waals surface area contributed by atoms with Crippen LogP contribution in [-0.4, -0.2) is 24.3 Å². The predicted octanol–water partition coefficient (Wildman–Crippen LogP) is 1.12. The van der Waals surface area contributed by atoms with E-state index < -0.39 is 12.1 Å². The molecular formula is C9H16O3. The molecule has 0 fully saturated rings. The first-order chi connectivity index (χ1) is 5.54. The second kappa shape index (κ2) is 4.93. The number of hydrogen-bond donors (Lipinski definition) is 1. The predicted molar refractivity (Wildman–Crippen MR) is 46.6 cm³/mol. The highest BCUT2D eigenvalue weighted by molar-refractivity contribution is 5.88. The van der Waals surface area contributed by atoms with Crippen LogP contribution < -0.4 is 0 Å². The number of esters is 1. The van der Waals surface area contributed by atoms with Gasteiger partial charge >= 0.3 is 5.97 Å². The molecule has 2 atom stereocenters. The SMILES string of the molecule is C=C(C(=O)OC)C(O)[C@@H](C)CC. The molecule has 0 aliphatic rings. The number of rotatable bonds is 4. The van der Waals surface area contributed by atoms with E-state index in [1.807, 2.05) is 13.8 Å². The van der Waals surface area contributed by atoms with Crippen LogP contribution in [0, 0.1) is 5.92 Å². The lowest BCUT2D eigenvalue weighted by Crippen LogP contribution is -2.24. The van der Waals surface area contributed by atoms with Gasteiger partial charge in [0, 0.05) is 0 Å². The van der Waals surface area contributed by atoms with Crippen molar-refractivity contribution in [2.75, 3.05) is 7.11 Å². The van der Waals surface area contributed by atoms with Crippen LogP contribution in [0.2, 0.25) is 0 Å². The summed E-state index contributed by atoms with van der Waals surface area (Å²) in [7, 11) is 1.27. The van der Waals surface area contributed by atoms with E-state index in [1.54, 1.807) is 0 Å². The molecule has 0 radical (unpaired) electrons. The molecule has 0 aliphatic heterocycles. The van der Waals surface area contributed by atoms with Crippen LogP contribution in [0.3, 0.4) is 0 Å². The molecule has 0 saturated heterocycles. The summed E-state index contributed by atoms with van der Waals surface area (Å²) in [5.41, 5.74) is 0.131. The fourth-order valence-corrected chi connectivity index (χ4v) is 0.819. The number of aliphatic hydroxyl groups excluding tert-OH is 1. The normalized spacial score (nSPS) is 15.0. The quantitative estimate of drug-likeness (QED) is 0.510. The molecule has 0 aromatic carbocycles. The molecule has 0 aromatic heterocycles. The van der Waals surface area contributed by atoms with Crippen LogP contribution in [-0.2, 0) is 9.53 Å². The Balaban J connectivity index is 4.19. The number of carbonyl (C=O) groups is 1. The maximum Gasteiger partial charge on any atom is 0.335 e. The Kier molecular flexibility index (Phi) is 4.59. The Morgan fingerprint density at radius 1 is 1.67 bits per heavy atom. The van der Waals surface area contributed by atoms with Gasteiger partial charge in [-0.2, -0.15) is 0 Å². The van der Waals surface area contributed by atoms with Crippen molar-refractivity contribution >= 4 is 5.97 Å². The summed E-state index contributed by atoms with van der Waals surface area (Å²) >= 11 is 0. The Labute approximate surface area is 73.0 Å². The van der Waals surface area contributed by atoms with Gasteiger partial charge in [-0.3, -0.25) is 0 Å². The fraction of sp³-hybridized carbons (Fsp3) is 0.667. The first-order valence-electron chi connectivity index (χ1n) is 3.99. The molecule has 70 valence electrons. The minimum Gasteiger partial charge on any atom is -0.466 e. The number of carbonyl (C=O) groups excluding carboxylic acids is 1. The number of hydrogen-bond acceptors (Lipinski definition) is 3. The van der Waals surface area contributed by atoms with E-state index in [0.29, 0.717) is 0 Å². The van der Waals surface area contributed by atoms with Crippen molar-refractivity contribution in [3.8, 4) is 0 Å². The standard InChI is InChI=1S/C9H16O3/c1-5-6(2)8(10)7(3)9(11)12-4/h6,8,10H,3,5H2,1-2,4H3/t6-,8?/m0/s1. The molecule has 0 saturated carbocycles. The third-order valence-electron chi connectivity index (χ3n) is 1.99. The number of methoxy groups -OCH3 is 1. The van der Waals surface area contributed by atoms with Crippen molar-refractivity contribution in [1.29, 1.82) is 0 Å². The van der Waals surface area contributed by atoms with Gasteiger partial charge < -0.3 is 9.84 Å². The zero-order valence-corrected chi connectivity index (χ0v) is 7.83. The third kappa shape index (κ3) is 2.66. The van der Waals surface area contributed by atoms with Gasteiger partial charge in [0.25, 0.3) is 0 Å².